The van der Waals surface area contributed by atoms with Gasteiger partial charge in [-0.25, -0.2) is 4.39 Å². The van der Waals surface area contributed by atoms with Crippen LogP contribution in [0.15, 0.2) is 60.8 Å². The summed E-state index contributed by atoms with van der Waals surface area (Å²) in [5, 5.41) is 1.21. The lowest BCUT2D eigenvalue weighted by atomic mass is 9.74. The monoisotopic (exact) mass is 432 g/mol. The second-order valence-electron chi connectivity index (χ2n) is 9.29. The van der Waals surface area contributed by atoms with Gasteiger partial charge in [0.05, 0.1) is 10.9 Å². The fourth-order valence-electron chi connectivity index (χ4n) is 5.40. The average Bonchev–Trinajstić information content (AvgIpc) is 3.29. The van der Waals surface area contributed by atoms with Gasteiger partial charge in [0.15, 0.2) is 0 Å². The van der Waals surface area contributed by atoms with Crippen LogP contribution < -0.4 is 0 Å². The van der Waals surface area contributed by atoms with Crippen molar-refractivity contribution < 1.29 is 13.9 Å². The summed E-state index contributed by atoms with van der Waals surface area (Å²) in [5.41, 5.74) is 2.90. The van der Waals surface area contributed by atoms with Crippen molar-refractivity contribution in [3.63, 3.8) is 0 Å². The molecule has 5 rings (SSSR count). The normalized spacial score (nSPS) is 20.5. The van der Waals surface area contributed by atoms with Crippen LogP contribution in [0.25, 0.3) is 10.9 Å². The largest absolute Gasteiger partial charge is 0.381 e. The van der Waals surface area contributed by atoms with Crippen LogP contribution in [0.5, 0.6) is 0 Å². The number of ether oxygens (including phenoxy) is 1. The van der Waals surface area contributed by atoms with Gasteiger partial charge in [-0.15, -0.1) is 0 Å². The third-order valence-corrected chi connectivity index (χ3v) is 7.18. The maximum absolute atomic E-state index is 13.8. The Morgan fingerprint density at radius 1 is 1.09 bits per heavy atom. The molecule has 0 saturated carbocycles. The minimum absolute atomic E-state index is 0.243. The maximum atomic E-state index is 13.8. The molecule has 1 atom stereocenters. The number of likely N-dealkylation sites (tertiary alicyclic amines) is 1. The lowest BCUT2D eigenvalue weighted by Crippen LogP contribution is -2.47. The SMILES string of the molecule is O=C(N1CCC(Cc2cccc3ncccc23)C1)C1(Cc2ccc(F)cc2)CCOCC1. The van der Waals surface area contributed by atoms with E-state index < -0.39 is 5.41 Å². The van der Waals surface area contributed by atoms with Gasteiger partial charge in [-0.2, -0.15) is 0 Å². The summed E-state index contributed by atoms with van der Waals surface area (Å²) in [7, 11) is 0. The van der Waals surface area contributed by atoms with Crippen molar-refractivity contribution in [3.8, 4) is 0 Å². The number of aromatic nitrogens is 1. The number of carbonyl (C=O) groups excluding carboxylic acids is 1. The smallest absolute Gasteiger partial charge is 0.229 e. The van der Waals surface area contributed by atoms with Crippen LogP contribution in [0, 0.1) is 17.2 Å². The minimum atomic E-state index is -0.450. The molecule has 0 radical (unpaired) electrons. The van der Waals surface area contributed by atoms with E-state index in [1.54, 1.807) is 12.1 Å². The third-order valence-electron chi connectivity index (χ3n) is 7.18. The fraction of sp³-hybridized carbons (Fsp3) is 0.407. The van der Waals surface area contributed by atoms with Crippen LogP contribution in [0.3, 0.4) is 0 Å². The molecule has 32 heavy (non-hydrogen) atoms. The van der Waals surface area contributed by atoms with Crippen molar-refractivity contribution in [2.75, 3.05) is 26.3 Å². The van der Waals surface area contributed by atoms with Crippen molar-refractivity contribution in [2.45, 2.75) is 32.1 Å². The zero-order chi connectivity index (χ0) is 22.0. The Morgan fingerprint density at radius 3 is 2.72 bits per heavy atom. The average molecular weight is 433 g/mol. The van der Waals surface area contributed by atoms with Crippen LogP contribution >= 0.6 is 0 Å². The Kier molecular flexibility index (Phi) is 5.92. The van der Waals surface area contributed by atoms with Gasteiger partial charge in [0, 0.05) is 37.9 Å². The zero-order valence-corrected chi connectivity index (χ0v) is 18.3. The molecule has 4 nitrogen and oxygen atoms in total. The number of hydrogen-bond donors (Lipinski definition) is 0. The van der Waals surface area contributed by atoms with E-state index in [0.29, 0.717) is 25.6 Å². The van der Waals surface area contributed by atoms with Gasteiger partial charge in [-0.05, 0) is 73.4 Å². The molecular formula is C27H29FN2O2. The van der Waals surface area contributed by atoms with Crippen molar-refractivity contribution in [1.82, 2.24) is 9.88 Å². The molecular weight excluding hydrogens is 403 g/mol. The highest BCUT2D eigenvalue weighted by molar-refractivity contribution is 5.84. The number of carbonyl (C=O) groups is 1. The highest BCUT2D eigenvalue weighted by atomic mass is 19.1. The molecule has 2 aliphatic heterocycles. The molecule has 2 aromatic carbocycles. The van der Waals surface area contributed by atoms with E-state index >= 15 is 0 Å². The Hall–Kier alpha value is -2.79. The number of rotatable bonds is 5. The van der Waals surface area contributed by atoms with Gasteiger partial charge in [0.1, 0.15) is 5.82 Å². The minimum Gasteiger partial charge on any atom is -0.381 e. The Morgan fingerprint density at radius 2 is 1.91 bits per heavy atom. The summed E-state index contributed by atoms with van der Waals surface area (Å²) in [6.07, 6.45) is 5.90. The molecule has 2 fully saturated rings. The lowest BCUT2D eigenvalue weighted by molar-refractivity contribution is -0.147. The molecule has 0 aliphatic carbocycles. The van der Waals surface area contributed by atoms with Crippen molar-refractivity contribution >= 4 is 16.8 Å². The van der Waals surface area contributed by atoms with Crippen molar-refractivity contribution in [1.29, 1.82) is 0 Å². The zero-order valence-electron chi connectivity index (χ0n) is 18.3. The maximum Gasteiger partial charge on any atom is 0.229 e. The number of fused-ring (bicyclic) bond motifs is 1. The first-order chi connectivity index (χ1) is 15.6. The number of nitrogens with zero attached hydrogens (tertiary/aromatic N) is 2. The predicted molar refractivity (Wildman–Crippen MR) is 123 cm³/mol. The van der Waals surface area contributed by atoms with Crippen LogP contribution in [-0.2, 0) is 22.4 Å². The molecule has 1 unspecified atom stereocenters. The first-order valence-electron chi connectivity index (χ1n) is 11.6. The van der Waals surface area contributed by atoms with Crippen LogP contribution in [-0.4, -0.2) is 42.1 Å². The van der Waals surface area contributed by atoms with E-state index in [0.717, 1.165) is 49.9 Å². The standard InChI is InChI=1S/C27H29FN2O2/c28-23-8-6-20(7-9-23)18-27(11-15-32-16-12-27)26(31)30-14-10-21(19-30)17-22-3-1-5-25-24(22)4-2-13-29-25/h1-9,13,21H,10-12,14-19H2. The second kappa shape index (κ2) is 8.99. The summed E-state index contributed by atoms with van der Waals surface area (Å²) in [5.74, 6) is 0.451. The first-order valence-corrected chi connectivity index (χ1v) is 11.6. The third kappa shape index (κ3) is 4.26. The van der Waals surface area contributed by atoms with E-state index in [4.69, 9.17) is 4.74 Å². The van der Waals surface area contributed by atoms with E-state index in [-0.39, 0.29) is 11.7 Å². The highest BCUT2D eigenvalue weighted by Crippen LogP contribution is 2.38. The number of amides is 1. The highest BCUT2D eigenvalue weighted by Gasteiger charge is 2.44. The molecule has 5 heteroatoms. The first kappa shape index (κ1) is 21.1. The van der Waals surface area contributed by atoms with E-state index in [1.165, 1.54) is 23.1 Å². The quantitative estimate of drug-likeness (QED) is 0.581. The molecule has 166 valence electrons. The van der Waals surface area contributed by atoms with Crippen LogP contribution in [0.1, 0.15) is 30.4 Å². The van der Waals surface area contributed by atoms with Gasteiger partial charge >= 0.3 is 0 Å². The van der Waals surface area contributed by atoms with E-state index in [1.807, 2.05) is 18.3 Å². The topological polar surface area (TPSA) is 42.4 Å². The number of pyridine rings is 1. The van der Waals surface area contributed by atoms with Gasteiger partial charge in [-0.3, -0.25) is 9.78 Å². The van der Waals surface area contributed by atoms with E-state index in [2.05, 4.69) is 28.1 Å². The van der Waals surface area contributed by atoms with Crippen molar-refractivity contribution in [3.05, 3.63) is 77.7 Å². The summed E-state index contributed by atoms with van der Waals surface area (Å²) < 4.78 is 19.0. The van der Waals surface area contributed by atoms with E-state index in [9.17, 15) is 9.18 Å². The summed E-state index contributed by atoms with van der Waals surface area (Å²) in [6, 6.07) is 17.0. The van der Waals surface area contributed by atoms with Crippen molar-refractivity contribution in [2.24, 2.45) is 11.3 Å². The Balaban J connectivity index is 1.31. The summed E-state index contributed by atoms with van der Waals surface area (Å²) in [6.45, 7) is 2.81. The molecule has 1 amide bonds. The Bertz CT molecular complexity index is 1090. The van der Waals surface area contributed by atoms with Crippen LogP contribution in [0.4, 0.5) is 4.39 Å². The molecule has 0 bridgehead atoms. The lowest BCUT2D eigenvalue weighted by Gasteiger charge is -2.39. The number of hydrogen-bond acceptors (Lipinski definition) is 3. The van der Waals surface area contributed by atoms with Gasteiger partial charge in [0.25, 0.3) is 0 Å². The molecule has 3 aromatic rings. The van der Waals surface area contributed by atoms with Crippen LogP contribution in [0.2, 0.25) is 0 Å². The Labute approximate surface area is 188 Å². The van der Waals surface area contributed by atoms with Gasteiger partial charge < -0.3 is 9.64 Å². The molecule has 1 aromatic heterocycles. The molecule has 0 spiro atoms. The van der Waals surface area contributed by atoms with Gasteiger partial charge in [0.2, 0.25) is 5.91 Å². The fourth-order valence-corrected chi connectivity index (χ4v) is 5.40. The molecule has 3 heterocycles. The second-order valence-corrected chi connectivity index (χ2v) is 9.29. The molecule has 0 N–H and O–H groups in total. The number of halogens is 1. The summed E-state index contributed by atoms with van der Waals surface area (Å²) >= 11 is 0. The van der Waals surface area contributed by atoms with Gasteiger partial charge in [-0.1, -0.05) is 30.3 Å². The number of benzene rings is 2. The summed E-state index contributed by atoms with van der Waals surface area (Å²) in [4.78, 5) is 20.3. The molecule has 2 saturated heterocycles. The predicted octanol–water partition coefficient (Wildman–Crippen LogP) is 4.80. The molecule has 2 aliphatic rings.